The van der Waals surface area contributed by atoms with Crippen LogP contribution in [0.4, 0.5) is 38.0 Å². The number of rotatable bonds is 4. The van der Waals surface area contributed by atoms with Crippen LogP contribution in [0, 0.1) is 6.92 Å². The number of tetrazole rings is 1. The Morgan fingerprint density at radius 3 is 2.47 bits per heavy atom. The second kappa shape index (κ2) is 9.73. The minimum absolute atomic E-state index is 0.0102. The number of alkyl halides is 6. The Morgan fingerprint density at radius 2 is 1.86 bits per heavy atom. The predicted octanol–water partition coefficient (Wildman–Crippen LogP) is 6.93. The van der Waals surface area contributed by atoms with E-state index in [0.717, 1.165) is 12.1 Å². The third-order valence-corrected chi connectivity index (χ3v) is 6.87. The van der Waals surface area contributed by atoms with Crippen LogP contribution < -0.4 is 10.2 Å². The molecule has 1 atom stereocenters. The number of hydrogen-bond acceptors (Lipinski definition) is 5. The van der Waals surface area contributed by atoms with Gasteiger partial charge in [0.1, 0.15) is 0 Å². The zero-order valence-electron chi connectivity index (χ0n) is 19.0. The summed E-state index contributed by atoms with van der Waals surface area (Å²) in [6.45, 7) is 1.68. The molecule has 36 heavy (non-hydrogen) atoms. The van der Waals surface area contributed by atoms with Crippen LogP contribution in [0.15, 0.2) is 28.7 Å². The van der Waals surface area contributed by atoms with Crippen molar-refractivity contribution in [3.8, 4) is 0 Å². The van der Waals surface area contributed by atoms with Crippen LogP contribution in [-0.4, -0.2) is 26.8 Å². The lowest BCUT2D eigenvalue weighted by Crippen LogP contribution is -2.30. The molecule has 1 N–H and O–H groups in total. The van der Waals surface area contributed by atoms with Crippen molar-refractivity contribution in [3.63, 3.8) is 0 Å². The van der Waals surface area contributed by atoms with Gasteiger partial charge >= 0.3 is 12.4 Å². The highest BCUT2D eigenvalue weighted by Crippen LogP contribution is 2.47. The van der Waals surface area contributed by atoms with Crippen LogP contribution in [0.3, 0.4) is 0 Å². The summed E-state index contributed by atoms with van der Waals surface area (Å²) < 4.78 is 81.4. The van der Waals surface area contributed by atoms with Gasteiger partial charge in [0.2, 0.25) is 0 Å². The molecule has 0 amide bonds. The number of hydrogen-bond donors (Lipinski definition) is 1. The Balaban J connectivity index is 1.86. The largest absolute Gasteiger partial charge is 0.417 e. The zero-order chi connectivity index (χ0) is 26.4. The normalized spacial score (nSPS) is 16.3. The summed E-state index contributed by atoms with van der Waals surface area (Å²) in [7, 11) is 1.54. The summed E-state index contributed by atoms with van der Waals surface area (Å²) in [5.74, 6) is 0.123. The first-order valence-electron chi connectivity index (χ1n) is 10.8. The van der Waals surface area contributed by atoms with Crippen molar-refractivity contribution < 1.29 is 26.3 Å². The summed E-state index contributed by atoms with van der Waals surface area (Å²) in [5.41, 5.74) is -0.641. The maximum atomic E-state index is 13.8. The molecule has 1 aliphatic heterocycles. The Morgan fingerprint density at radius 1 is 1.14 bits per heavy atom. The molecular formula is C22H20BrClF6N6. The van der Waals surface area contributed by atoms with Gasteiger partial charge < -0.3 is 10.2 Å². The van der Waals surface area contributed by atoms with Crippen LogP contribution in [0.5, 0.6) is 0 Å². The molecule has 2 aromatic carbocycles. The number of aromatic nitrogens is 4. The molecule has 1 unspecified atom stereocenters. The lowest BCUT2D eigenvalue weighted by Gasteiger charge is -2.32. The average Bonchev–Trinajstić information content (AvgIpc) is 3.06. The predicted molar refractivity (Wildman–Crippen MR) is 126 cm³/mol. The SMILES string of the molecule is Cc1cc2c(c(Br)c1C(F)(F)F)NCCCC2N(Cc1cc(Cl)cc(C(F)(F)F)c1)c1nnn(C)n1. The van der Waals surface area contributed by atoms with E-state index in [2.05, 4.69) is 36.7 Å². The number of nitrogens with zero attached hydrogens (tertiary/aromatic N) is 5. The van der Waals surface area contributed by atoms with Gasteiger partial charge in [0.25, 0.3) is 5.95 Å². The third kappa shape index (κ3) is 5.41. The molecule has 4 rings (SSSR count). The molecule has 2 heterocycles. The fourth-order valence-corrected chi connectivity index (χ4v) is 5.56. The van der Waals surface area contributed by atoms with Gasteiger partial charge in [0.05, 0.1) is 34.4 Å². The Bertz CT molecular complexity index is 1280. The first kappa shape index (κ1) is 26.5. The molecule has 194 valence electrons. The van der Waals surface area contributed by atoms with E-state index in [4.69, 9.17) is 11.6 Å². The van der Waals surface area contributed by atoms with Gasteiger partial charge in [-0.1, -0.05) is 22.8 Å². The van der Waals surface area contributed by atoms with E-state index in [9.17, 15) is 26.3 Å². The van der Waals surface area contributed by atoms with Crippen molar-refractivity contribution in [1.29, 1.82) is 0 Å². The molecule has 0 saturated carbocycles. The van der Waals surface area contributed by atoms with Crippen molar-refractivity contribution in [2.24, 2.45) is 7.05 Å². The molecule has 0 saturated heterocycles. The molecule has 3 aromatic rings. The zero-order valence-corrected chi connectivity index (χ0v) is 21.3. The molecule has 6 nitrogen and oxygen atoms in total. The van der Waals surface area contributed by atoms with Gasteiger partial charge in [-0.05, 0) is 75.8 Å². The molecule has 0 spiro atoms. The Kier molecular flexibility index (Phi) is 7.17. The van der Waals surface area contributed by atoms with Gasteiger partial charge in [-0.2, -0.15) is 31.1 Å². The smallest absolute Gasteiger partial charge is 0.384 e. The van der Waals surface area contributed by atoms with Gasteiger partial charge in [-0.3, -0.25) is 0 Å². The van der Waals surface area contributed by atoms with E-state index < -0.39 is 29.5 Å². The lowest BCUT2D eigenvalue weighted by atomic mass is 9.94. The van der Waals surface area contributed by atoms with Crippen LogP contribution >= 0.6 is 27.5 Å². The van der Waals surface area contributed by atoms with Crippen molar-refractivity contribution in [2.75, 3.05) is 16.8 Å². The quantitative estimate of drug-likeness (QED) is 0.331. The Labute approximate surface area is 215 Å². The highest BCUT2D eigenvalue weighted by Gasteiger charge is 2.39. The standard InChI is InChI=1S/C22H20BrClF6N6/c1-11-6-15-16(4-3-5-31-19(15)18(23)17(11)22(28,29)30)36(20-32-34-35(2)33-20)10-12-7-13(21(25,26)27)9-14(24)8-12/h6-9,16,31H,3-5,10H2,1-2H3. The molecule has 1 aliphatic rings. The van der Waals surface area contributed by atoms with Crippen molar-refractivity contribution in [2.45, 2.75) is 44.7 Å². The van der Waals surface area contributed by atoms with Crippen molar-refractivity contribution >= 4 is 39.2 Å². The molecule has 0 aliphatic carbocycles. The summed E-state index contributed by atoms with van der Waals surface area (Å²) >= 11 is 9.14. The third-order valence-electron chi connectivity index (χ3n) is 5.86. The van der Waals surface area contributed by atoms with E-state index in [-0.39, 0.29) is 38.8 Å². The number of fused-ring (bicyclic) bond motifs is 1. The fourth-order valence-electron chi connectivity index (χ4n) is 4.39. The van der Waals surface area contributed by atoms with Gasteiger partial charge in [-0.25, -0.2) is 0 Å². The first-order chi connectivity index (χ1) is 16.8. The number of nitrogens with one attached hydrogen (secondary N) is 1. The van der Waals surface area contributed by atoms with E-state index >= 15 is 0 Å². The van der Waals surface area contributed by atoms with E-state index in [1.807, 2.05) is 0 Å². The number of aryl methyl sites for hydroxylation is 2. The summed E-state index contributed by atoms with van der Waals surface area (Å²) in [4.78, 5) is 2.84. The van der Waals surface area contributed by atoms with Crippen LogP contribution in [0.2, 0.25) is 5.02 Å². The van der Waals surface area contributed by atoms with Gasteiger partial charge in [-0.15, -0.1) is 5.10 Å². The number of benzene rings is 2. The van der Waals surface area contributed by atoms with Crippen LogP contribution in [0.1, 0.15) is 46.7 Å². The minimum atomic E-state index is -4.61. The second-order valence-electron chi connectivity index (χ2n) is 8.48. The highest BCUT2D eigenvalue weighted by molar-refractivity contribution is 9.10. The molecule has 0 fully saturated rings. The fraction of sp³-hybridized carbons (Fsp3) is 0.409. The monoisotopic (exact) mass is 596 g/mol. The van der Waals surface area contributed by atoms with Gasteiger partial charge in [0, 0.05) is 18.1 Å². The lowest BCUT2D eigenvalue weighted by molar-refractivity contribution is -0.139. The maximum absolute atomic E-state index is 13.8. The van der Waals surface area contributed by atoms with E-state index in [1.54, 1.807) is 4.90 Å². The van der Waals surface area contributed by atoms with Crippen molar-refractivity contribution in [3.05, 3.63) is 61.6 Å². The molecular weight excluding hydrogens is 578 g/mol. The number of anilines is 2. The summed E-state index contributed by atoms with van der Waals surface area (Å²) in [6.07, 6.45) is -8.14. The summed E-state index contributed by atoms with van der Waals surface area (Å²) in [5, 5.41) is 15.1. The number of halogens is 8. The topological polar surface area (TPSA) is 58.9 Å². The van der Waals surface area contributed by atoms with E-state index in [1.165, 1.54) is 30.9 Å². The van der Waals surface area contributed by atoms with Crippen LogP contribution in [-0.2, 0) is 25.9 Å². The minimum Gasteiger partial charge on any atom is -0.384 e. The van der Waals surface area contributed by atoms with Gasteiger partial charge in [0.15, 0.2) is 0 Å². The Hall–Kier alpha value is -2.54. The molecule has 1 aromatic heterocycles. The van der Waals surface area contributed by atoms with Crippen LogP contribution in [0.25, 0.3) is 0 Å². The maximum Gasteiger partial charge on any atom is 0.417 e. The first-order valence-corrected chi connectivity index (χ1v) is 11.9. The molecule has 14 heteroatoms. The van der Waals surface area contributed by atoms with E-state index in [0.29, 0.717) is 24.9 Å². The second-order valence-corrected chi connectivity index (χ2v) is 9.71. The van der Waals surface area contributed by atoms with Crippen molar-refractivity contribution in [1.82, 2.24) is 20.2 Å². The molecule has 0 radical (unpaired) electrons. The summed E-state index contributed by atoms with van der Waals surface area (Å²) in [6, 6.07) is 4.11. The molecule has 0 bridgehead atoms. The highest BCUT2D eigenvalue weighted by atomic mass is 79.9. The average molecular weight is 598 g/mol.